The summed E-state index contributed by atoms with van der Waals surface area (Å²) in [4.78, 5) is 24.5. The van der Waals surface area contributed by atoms with Crippen molar-refractivity contribution in [2.45, 2.75) is 45.4 Å². The maximum atomic E-state index is 12.2. The van der Waals surface area contributed by atoms with Crippen molar-refractivity contribution < 1.29 is 19.4 Å². The summed E-state index contributed by atoms with van der Waals surface area (Å²) in [6, 6.07) is -0.199. The highest BCUT2D eigenvalue weighted by atomic mass is 16.5. The van der Waals surface area contributed by atoms with E-state index in [9.17, 15) is 9.59 Å². The molecule has 0 bridgehead atoms. The molecule has 1 aliphatic rings. The van der Waals surface area contributed by atoms with Gasteiger partial charge in [0, 0.05) is 33.9 Å². The van der Waals surface area contributed by atoms with Crippen LogP contribution in [0.2, 0.25) is 0 Å². The summed E-state index contributed by atoms with van der Waals surface area (Å²) in [6.45, 7) is 3.17. The van der Waals surface area contributed by atoms with Crippen molar-refractivity contribution in [3.05, 3.63) is 0 Å². The van der Waals surface area contributed by atoms with Gasteiger partial charge in [-0.2, -0.15) is 0 Å². The van der Waals surface area contributed by atoms with E-state index in [0.29, 0.717) is 13.2 Å². The Morgan fingerprint density at radius 2 is 1.95 bits per heavy atom. The molecule has 1 saturated carbocycles. The third-order valence-electron chi connectivity index (χ3n) is 4.68. The summed E-state index contributed by atoms with van der Waals surface area (Å²) in [5.41, 5.74) is 0.128. The number of carboxylic acids is 1. The molecule has 6 heteroatoms. The molecule has 1 aliphatic carbocycles. The van der Waals surface area contributed by atoms with Crippen LogP contribution in [0.5, 0.6) is 0 Å². The number of amides is 2. The molecule has 1 fully saturated rings. The van der Waals surface area contributed by atoms with E-state index in [2.05, 4.69) is 5.32 Å². The highest BCUT2D eigenvalue weighted by Crippen LogP contribution is 2.38. The first-order valence-electron chi connectivity index (χ1n) is 8.11. The smallest absolute Gasteiger partial charge is 0.317 e. The van der Waals surface area contributed by atoms with Crippen LogP contribution in [-0.4, -0.2) is 55.9 Å². The van der Waals surface area contributed by atoms with Gasteiger partial charge >= 0.3 is 12.0 Å². The molecule has 0 saturated heterocycles. The molecule has 2 amide bonds. The van der Waals surface area contributed by atoms with Gasteiger partial charge in [-0.1, -0.05) is 26.2 Å². The van der Waals surface area contributed by atoms with E-state index < -0.39 is 11.9 Å². The van der Waals surface area contributed by atoms with Crippen molar-refractivity contribution in [3.8, 4) is 0 Å². The second-order valence-corrected chi connectivity index (χ2v) is 6.58. The molecule has 0 radical (unpaired) electrons. The standard InChI is InChI=1S/C16H30N2O4/c1-13(14(19)20)11-18(2)15(21)17-12-16(9-10-22-3)7-5-4-6-8-16/h13H,4-12H2,1-3H3,(H,17,21)(H,19,20). The lowest BCUT2D eigenvalue weighted by Crippen LogP contribution is -2.46. The fraction of sp³-hybridized carbons (Fsp3) is 0.875. The van der Waals surface area contributed by atoms with Gasteiger partial charge in [-0.25, -0.2) is 4.79 Å². The van der Waals surface area contributed by atoms with E-state index in [0.717, 1.165) is 19.3 Å². The Labute approximate surface area is 133 Å². The first kappa shape index (κ1) is 18.7. The van der Waals surface area contributed by atoms with Gasteiger partial charge in [-0.3, -0.25) is 4.79 Å². The molecule has 1 unspecified atom stereocenters. The highest BCUT2D eigenvalue weighted by molar-refractivity contribution is 5.75. The number of hydrogen-bond donors (Lipinski definition) is 2. The number of nitrogens with one attached hydrogen (secondary N) is 1. The van der Waals surface area contributed by atoms with Crippen LogP contribution in [0.25, 0.3) is 0 Å². The van der Waals surface area contributed by atoms with Crippen molar-refractivity contribution in [1.82, 2.24) is 10.2 Å². The molecule has 0 heterocycles. The fourth-order valence-corrected chi connectivity index (χ4v) is 3.11. The first-order valence-corrected chi connectivity index (χ1v) is 8.11. The van der Waals surface area contributed by atoms with E-state index in [1.165, 1.54) is 24.2 Å². The third-order valence-corrected chi connectivity index (χ3v) is 4.68. The van der Waals surface area contributed by atoms with Crippen molar-refractivity contribution in [3.63, 3.8) is 0 Å². The van der Waals surface area contributed by atoms with Crippen LogP contribution in [0, 0.1) is 11.3 Å². The number of carbonyl (C=O) groups is 2. The summed E-state index contributed by atoms with van der Waals surface area (Å²) in [5.74, 6) is -1.45. The molecular formula is C16H30N2O4. The Morgan fingerprint density at radius 3 is 2.50 bits per heavy atom. The number of carbonyl (C=O) groups excluding carboxylic acids is 1. The van der Waals surface area contributed by atoms with E-state index >= 15 is 0 Å². The number of nitrogens with zero attached hydrogens (tertiary/aromatic N) is 1. The molecule has 0 spiro atoms. The number of urea groups is 1. The number of carboxylic acid groups (broad SMARTS) is 1. The predicted octanol–water partition coefficient (Wildman–Crippen LogP) is 2.34. The predicted molar refractivity (Wildman–Crippen MR) is 84.8 cm³/mol. The van der Waals surface area contributed by atoms with Gasteiger partial charge in [0.1, 0.15) is 0 Å². The largest absolute Gasteiger partial charge is 0.481 e. The lowest BCUT2D eigenvalue weighted by molar-refractivity contribution is -0.141. The lowest BCUT2D eigenvalue weighted by Gasteiger charge is -2.38. The van der Waals surface area contributed by atoms with Crippen molar-refractivity contribution >= 4 is 12.0 Å². The topological polar surface area (TPSA) is 78.9 Å². The number of ether oxygens (including phenoxy) is 1. The number of hydrogen-bond acceptors (Lipinski definition) is 3. The van der Waals surface area contributed by atoms with E-state index in [-0.39, 0.29) is 18.0 Å². The Balaban J connectivity index is 2.49. The zero-order chi connectivity index (χ0) is 16.6. The van der Waals surface area contributed by atoms with Crippen LogP contribution in [0.15, 0.2) is 0 Å². The number of aliphatic carboxylic acids is 1. The third kappa shape index (κ3) is 5.83. The molecule has 22 heavy (non-hydrogen) atoms. The Hall–Kier alpha value is -1.30. The van der Waals surface area contributed by atoms with Crippen molar-refractivity contribution in [2.75, 3.05) is 33.9 Å². The van der Waals surface area contributed by atoms with Crippen LogP contribution in [0.3, 0.4) is 0 Å². The van der Waals surface area contributed by atoms with Gasteiger partial charge in [0.2, 0.25) is 0 Å². The van der Waals surface area contributed by atoms with Gasteiger partial charge in [-0.15, -0.1) is 0 Å². The second kappa shape index (κ2) is 8.98. The lowest BCUT2D eigenvalue weighted by atomic mass is 9.72. The minimum absolute atomic E-state index is 0.128. The van der Waals surface area contributed by atoms with Crippen LogP contribution >= 0.6 is 0 Å². The molecule has 0 aromatic heterocycles. The summed E-state index contributed by atoms with van der Waals surface area (Å²) in [6.07, 6.45) is 6.85. The van der Waals surface area contributed by atoms with Gasteiger partial charge < -0.3 is 20.1 Å². The molecule has 0 aromatic rings. The van der Waals surface area contributed by atoms with Crippen molar-refractivity contribution in [1.29, 1.82) is 0 Å². The highest BCUT2D eigenvalue weighted by Gasteiger charge is 2.32. The molecule has 0 aromatic carbocycles. The maximum Gasteiger partial charge on any atom is 0.317 e. The molecule has 6 nitrogen and oxygen atoms in total. The van der Waals surface area contributed by atoms with Crippen LogP contribution in [0.4, 0.5) is 4.79 Å². The summed E-state index contributed by atoms with van der Waals surface area (Å²) >= 11 is 0. The first-order chi connectivity index (χ1) is 10.4. The summed E-state index contributed by atoms with van der Waals surface area (Å²) in [5, 5.41) is 11.9. The quantitative estimate of drug-likeness (QED) is 0.721. The number of rotatable bonds is 8. The Morgan fingerprint density at radius 1 is 1.32 bits per heavy atom. The van der Waals surface area contributed by atoms with E-state index in [1.807, 2.05) is 0 Å². The normalized spacial score (nSPS) is 18.5. The van der Waals surface area contributed by atoms with Crippen LogP contribution in [-0.2, 0) is 9.53 Å². The zero-order valence-electron chi connectivity index (χ0n) is 14.1. The minimum atomic E-state index is -0.886. The molecule has 1 rings (SSSR count). The molecule has 128 valence electrons. The summed E-state index contributed by atoms with van der Waals surface area (Å²) < 4.78 is 5.21. The maximum absolute atomic E-state index is 12.2. The minimum Gasteiger partial charge on any atom is -0.481 e. The second-order valence-electron chi connectivity index (χ2n) is 6.58. The van der Waals surface area contributed by atoms with Gasteiger partial charge in [-0.05, 0) is 24.7 Å². The Bertz CT molecular complexity index is 367. The molecule has 0 aliphatic heterocycles. The average molecular weight is 314 g/mol. The van der Waals surface area contributed by atoms with Gasteiger partial charge in [0.05, 0.1) is 5.92 Å². The fourth-order valence-electron chi connectivity index (χ4n) is 3.11. The zero-order valence-corrected chi connectivity index (χ0v) is 14.1. The molecular weight excluding hydrogens is 284 g/mol. The SMILES string of the molecule is COCCC1(CNC(=O)N(C)CC(C)C(=O)O)CCCCC1. The van der Waals surface area contributed by atoms with Crippen molar-refractivity contribution in [2.24, 2.45) is 11.3 Å². The average Bonchev–Trinajstić information content (AvgIpc) is 2.51. The molecule has 2 N–H and O–H groups in total. The monoisotopic (exact) mass is 314 g/mol. The molecule has 1 atom stereocenters. The van der Waals surface area contributed by atoms with Gasteiger partial charge in [0.25, 0.3) is 0 Å². The Kier molecular flexibility index (Phi) is 7.65. The van der Waals surface area contributed by atoms with Crippen LogP contribution in [0.1, 0.15) is 45.4 Å². The van der Waals surface area contributed by atoms with Gasteiger partial charge in [0.15, 0.2) is 0 Å². The summed E-state index contributed by atoms with van der Waals surface area (Å²) in [7, 11) is 3.34. The number of methoxy groups -OCH3 is 1. The van der Waals surface area contributed by atoms with Crippen LogP contribution < -0.4 is 5.32 Å². The van der Waals surface area contributed by atoms with E-state index in [1.54, 1.807) is 21.1 Å². The van der Waals surface area contributed by atoms with E-state index in [4.69, 9.17) is 9.84 Å².